The first-order valence-corrected chi connectivity index (χ1v) is 3.13. The van der Waals surface area contributed by atoms with Crippen molar-refractivity contribution in [3.8, 4) is 0 Å². The van der Waals surface area contributed by atoms with Gasteiger partial charge in [-0.2, -0.15) is 0 Å². The molecule has 0 aromatic rings. The molecule has 0 bridgehead atoms. The van der Waals surface area contributed by atoms with Gasteiger partial charge in [-0.25, -0.2) is 0 Å². The number of allylic oxidation sites excluding steroid dienone is 3. The summed E-state index contributed by atoms with van der Waals surface area (Å²) in [6.07, 6.45) is 7.44. The molecule has 1 heteroatoms. The summed E-state index contributed by atoms with van der Waals surface area (Å²) in [5.41, 5.74) is 0. The smallest absolute Gasteiger partial charge is 0.142 e. The summed E-state index contributed by atoms with van der Waals surface area (Å²) in [4.78, 5) is 9.82. The van der Waals surface area contributed by atoms with E-state index in [0.717, 1.165) is 6.29 Å². The normalized spacial score (nSPS) is 32.4. The third-order valence-electron chi connectivity index (χ3n) is 1.63. The highest BCUT2D eigenvalue weighted by Gasteiger charge is 2.31. The average molecular weight is 122 g/mol. The van der Waals surface area contributed by atoms with E-state index in [-0.39, 0.29) is 0 Å². The summed E-state index contributed by atoms with van der Waals surface area (Å²) >= 11 is 0. The zero-order valence-corrected chi connectivity index (χ0v) is 5.29. The molecule has 0 N–H and O–H groups in total. The van der Waals surface area contributed by atoms with Crippen LogP contribution in [0.1, 0.15) is 6.42 Å². The molecular weight excluding hydrogens is 112 g/mol. The fourth-order valence-electron chi connectivity index (χ4n) is 0.916. The minimum absolute atomic E-state index is 0.604. The van der Waals surface area contributed by atoms with E-state index in [9.17, 15) is 4.79 Å². The maximum Gasteiger partial charge on any atom is 0.142 e. The van der Waals surface area contributed by atoms with Gasteiger partial charge in [-0.15, -0.1) is 6.58 Å². The Morgan fingerprint density at radius 3 is 2.67 bits per heavy atom. The lowest BCUT2D eigenvalue weighted by atomic mass is 10.3. The predicted octanol–water partition coefficient (Wildman–Crippen LogP) is 1.56. The molecule has 0 aliphatic heterocycles. The van der Waals surface area contributed by atoms with Crippen molar-refractivity contribution in [1.29, 1.82) is 0 Å². The minimum atomic E-state index is 0.604. The molecular formula is C8H10O. The van der Waals surface area contributed by atoms with Crippen LogP contribution in [0.25, 0.3) is 0 Å². The second-order valence-corrected chi connectivity index (χ2v) is 2.32. The molecule has 48 valence electrons. The zero-order chi connectivity index (χ0) is 6.69. The van der Waals surface area contributed by atoms with Crippen LogP contribution < -0.4 is 0 Å². The van der Waals surface area contributed by atoms with Gasteiger partial charge in [0.1, 0.15) is 6.29 Å². The molecule has 1 rings (SSSR count). The third kappa shape index (κ3) is 1.53. The summed E-state index contributed by atoms with van der Waals surface area (Å²) < 4.78 is 0. The van der Waals surface area contributed by atoms with Crippen molar-refractivity contribution in [2.75, 3.05) is 0 Å². The molecule has 2 unspecified atom stereocenters. The Morgan fingerprint density at radius 1 is 1.44 bits per heavy atom. The summed E-state index contributed by atoms with van der Waals surface area (Å²) in [5, 5.41) is 0. The molecule has 9 heavy (non-hydrogen) atoms. The van der Waals surface area contributed by atoms with Gasteiger partial charge >= 0.3 is 0 Å². The quantitative estimate of drug-likeness (QED) is 0.315. The molecule has 0 heterocycles. The van der Waals surface area contributed by atoms with Crippen molar-refractivity contribution in [3.63, 3.8) is 0 Å². The van der Waals surface area contributed by atoms with Gasteiger partial charge in [-0.05, 0) is 24.3 Å². The Morgan fingerprint density at radius 2 is 2.22 bits per heavy atom. The molecule has 2 atom stereocenters. The lowest BCUT2D eigenvalue weighted by molar-refractivity contribution is -0.104. The molecule has 1 nitrogen and oxygen atoms in total. The number of carbonyl (C=O) groups excluding carboxylic acids is 1. The van der Waals surface area contributed by atoms with Crippen LogP contribution in [0.3, 0.4) is 0 Å². The van der Waals surface area contributed by atoms with E-state index in [0.29, 0.717) is 11.8 Å². The molecule has 1 aliphatic carbocycles. The fourth-order valence-corrected chi connectivity index (χ4v) is 0.916. The first-order valence-electron chi connectivity index (χ1n) is 3.13. The van der Waals surface area contributed by atoms with Crippen molar-refractivity contribution in [3.05, 3.63) is 24.8 Å². The van der Waals surface area contributed by atoms with Gasteiger partial charge in [0.15, 0.2) is 0 Å². The second-order valence-electron chi connectivity index (χ2n) is 2.32. The largest absolute Gasteiger partial charge is 0.299 e. The predicted molar refractivity (Wildman–Crippen MR) is 37.0 cm³/mol. The molecule has 0 amide bonds. The number of aldehydes is 1. The summed E-state index contributed by atoms with van der Waals surface area (Å²) in [5.74, 6) is 1.24. The molecule has 1 fully saturated rings. The second kappa shape index (κ2) is 2.62. The number of rotatable bonds is 3. The number of hydrogen-bond acceptors (Lipinski definition) is 1. The first kappa shape index (κ1) is 6.27. The molecule has 0 saturated heterocycles. The van der Waals surface area contributed by atoms with Crippen LogP contribution in [0.4, 0.5) is 0 Å². The Bertz CT molecular complexity index is 147. The Labute approximate surface area is 55.1 Å². The van der Waals surface area contributed by atoms with Gasteiger partial charge in [-0.3, -0.25) is 4.79 Å². The van der Waals surface area contributed by atoms with Crippen LogP contribution in [0.15, 0.2) is 24.8 Å². The van der Waals surface area contributed by atoms with Crippen LogP contribution in [0, 0.1) is 11.8 Å². The van der Waals surface area contributed by atoms with Crippen LogP contribution in [-0.2, 0) is 4.79 Å². The molecule has 0 spiro atoms. The van der Waals surface area contributed by atoms with E-state index < -0.39 is 0 Å². The maximum absolute atomic E-state index is 9.82. The van der Waals surface area contributed by atoms with Crippen LogP contribution in [0.5, 0.6) is 0 Å². The average Bonchev–Trinajstić information content (AvgIpc) is 2.62. The highest BCUT2D eigenvalue weighted by molar-refractivity contribution is 5.64. The molecule has 1 saturated carbocycles. The monoisotopic (exact) mass is 122 g/mol. The topological polar surface area (TPSA) is 17.1 Å². The number of carbonyl (C=O) groups is 1. The van der Waals surface area contributed by atoms with Crippen molar-refractivity contribution < 1.29 is 4.79 Å². The van der Waals surface area contributed by atoms with E-state index in [1.165, 1.54) is 6.42 Å². The summed E-state index contributed by atoms with van der Waals surface area (Å²) in [6, 6.07) is 0. The molecule has 1 aliphatic rings. The van der Waals surface area contributed by atoms with E-state index in [2.05, 4.69) is 6.58 Å². The van der Waals surface area contributed by atoms with Gasteiger partial charge < -0.3 is 0 Å². The zero-order valence-electron chi connectivity index (χ0n) is 5.29. The van der Waals surface area contributed by atoms with Crippen molar-refractivity contribution in [2.45, 2.75) is 6.42 Å². The van der Waals surface area contributed by atoms with E-state index in [1.54, 1.807) is 6.08 Å². The third-order valence-corrected chi connectivity index (χ3v) is 1.63. The van der Waals surface area contributed by atoms with Crippen molar-refractivity contribution in [2.24, 2.45) is 11.8 Å². The Kier molecular flexibility index (Phi) is 1.83. The fraction of sp³-hybridized carbons (Fsp3) is 0.375. The highest BCUT2D eigenvalue weighted by atomic mass is 16.1. The van der Waals surface area contributed by atoms with Gasteiger partial charge in [0.05, 0.1) is 0 Å². The molecule has 0 aromatic heterocycles. The SMILES string of the molecule is C=CC1CC1/C=C/C=O. The van der Waals surface area contributed by atoms with Crippen LogP contribution in [-0.4, -0.2) is 6.29 Å². The van der Waals surface area contributed by atoms with Crippen molar-refractivity contribution >= 4 is 6.29 Å². The van der Waals surface area contributed by atoms with Gasteiger partial charge in [0, 0.05) is 0 Å². The minimum Gasteiger partial charge on any atom is -0.299 e. The molecule has 0 radical (unpaired) electrons. The number of hydrogen-bond donors (Lipinski definition) is 0. The van der Waals surface area contributed by atoms with E-state index >= 15 is 0 Å². The van der Waals surface area contributed by atoms with E-state index in [1.807, 2.05) is 12.2 Å². The lowest BCUT2D eigenvalue weighted by Gasteiger charge is -1.78. The van der Waals surface area contributed by atoms with E-state index in [4.69, 9.17) is 0 Å². The van der Waals surface area contributed by atoms with Crippen LogP contribution in [0.2, 0.25) is 0 Å². The summed E-state index contributed by atoms with van der Waals surface area (Å²) in [7, 11) is 0. The standard InChI is InChI=1S/C8H10O/c1-2-7-6-8(7)4-3-5-9/h2-5,7-8H,1,6H2/b4-3+. The van der Waals surface area contributed by atoms with Crippen LogP contribution >= 0.6 is 0 Å². The first-order chi connectivity index (χ1) is 4.38. The summed E-state index contributed by atoms with van der Waals surface area (Å²) in [6.45, 7) is 3.66. The Balaban J connectivity index is 2.26. The van der Waals surface area contributed by atoms with Gasteiger partial charge in [-0.1, -0.05) is 12.2 Å². The van der Waals surface area contributed by atoms with Gasteiger partial charge in [0.25, 0.3) is 0 Å². The lowest BCUT2D eigenvalue weighted by Crippen LogP contribution is -1.70. The molecule has 0 aromatic carbocycles. The maximum atomic E-state index is 9.82. The van der Waals surface area contributed by atoms with Gasteiger partial charge in [0.2, 0.25) is 0 Å². The van der Waals surface area contributed by atoms with Crippen molar-refractivity contribution in [1.82, 2.24) is 0 Å². The highest BCUT2D eigenvalue weighted by Crippen LogP contribution is 2.39. The Hall–Kier alpha value is -0.850.